The molecule has 19 heavy (non-hydrogen) atoms. The maximum Gasteiger partial charge on any atom is 0.238 e. The zero-order chi connectivity index (χ0) is 13.4. The van der Waals surface area contributed by atoms with Crippen molar-refractivity contribution in [1.29, 1.82) is 0 Å². The first kappa shape index (κ1) is 13.1. The van der Waals surface area contributed by atoms with Gasteiger partial charge in [0, 0.05) is 28.9 Å². The van der Waals surface area contributed by atoms with Crippen LogP contribution in [0.4, 0.5) is 0 Å². The van der Waals surface area contributed by atoms with E-state index in [2.05, 4.69) is 36.3 Å². The molecule has 104 valence electrons. The molecule has 1 N–H and O–H groups in total. The highest BCUT2D eigenvalue weighted by Crippen LogP contribution is 2.29. The molecule has 1 saturated heterocycles. The lowest BCUT2D eigenvalue weighted by Gasteiger charge is -2.26. The van der Waals surface area contributed by atoms with Gasteiger partial charge in [0.05, 0.1) is 6.54 Å². The minimum absolute atomic E-state index is 0.0822. The molecule has 0 bridgehead atoms. The van der Waals surface area contributed by atoms with E-state index in [1.165, 1.54) is 22.6 Å². The number of nitrogens with one attached hydrogen (secondary N) is 1. The third-order valence-electron chi connectivity index (χ3n) is 3.97. The molecule has 1 aromatic rings. The van der Waals surface area contributed by atoms with Crippen LogP contribution in [0.15, 0.2) is 12.1 Å². The Labute approximate surface area is 118 Å². The summed E-state index contributed by atoms with van der Waals surface area (Å²) in [4.78, 5) is 18.9. The topological polar surface area (TPSA) is 35.6 Å². The first-order chi connectivity index (χ1) is 9.15. The van der Waals surface area contributed by atoms with Gasteiger partial charge in [-0.3, -0.25) is 10.1 Å². The molecule has 1 amide bonds. The van der Waals surface area contributed by atoms with Crippen molar-refractivity contribution in [2.24, 2.45) is 0 Å². The van der Waals surface area contributed by atoms with Gasteiger partial charge < -0.3 is 9.80 Å². The Balaban J connectivity index is 1.64. The molecular formula is C14H21N3OS. The third-order valence-corrected chi connectivity index (χ3v) is 5.03. The summed E-state index contributed by atoms with van der Waals surface area (Å²) in [5, 5.41) is 3.32. The zero-order valence-electron chi connectivity index (χ0n) is 11.6. The van der Waals surface area contributed by atoms with Gasteiger partial charge in [-0.1, -0.05) is 0 Å². The molecule has 1 aliphatic carbocycles. The Hall–Kier alpha value is -0.910. The summed E-state index contributed by atoms with van der Waals surface area (Å²) >= 11 is 1.77. The molecule has 0 spiro atoms. The number of hydrogen-bond donors (Lipinski definition) is 1. The summed E-state index contributed by atoms with van der Waals surface area (Å²) < 4.78 is 0. The number of amides is 1. The van der Waals surface area contributed by atoms with Crippen LogP contribution in [-0.4, -0.2) is 48.4 Å². The normalized spacial score (nSPS) is 23.6. The van der Waals surface area contributed by atoms with Crippen LogP contribution in [0.3, 0.4) is 0 Å². The van der Waals surface area contributed by atoms with E-state index < -0.39 is 0 Å². The predicted molar refractivity (Wildman–Crippen MR) is 77.2 cm³/mol. The van der Waals surface area contributed by atoms with E-state index in [1.54, 1.807) is 11.3 Å². The van der Waals surface area contributed by atoms with E-state index in [-0.39, 0.29) is 12.1 Å². The Morgan fingerprint density at radius 3 is 2.89 bits per heavy atom. The molecule has 4 nitrogen and oxygen atoms in total. The van der Waals surface area contributed by atoms with Crippen molar-refractivity contribution in [1.82, 2.24) is 15.1 Å². The molecule has 2 aliphatic rings. The van der Waals surface area contributed by atoms with E-state index in [9.17, 15) is 4.79 Å². The number of likely N-dealkylation sites (N-methyl/N-ethyl adjacent to an activating group) is 1. The standard InChI is InChI=1S/C14H21N3OS/c1-10-3-6-12(19-10)14-15-9-13(18)17(14)8-7-16(2)11-4-5-11/h3,6,11,14-15H,4-5,7-9H2,1-2H3. The maximum atomic E-state index is 12.0. The highest BCUT2D eigenvalue weighted by Gasteiger charge is 2.33. The molecule has 1 saturated carbocycles. The fourth-order valence-electron chi connectivity index (χ4n) is 2.61. The van der Waals surface area contributed by atoms with Crippen molar-refractivity contribution in [3.63, 3.8) is 0 Å². The third kappa shape index (κ3) is 2.83. The highest BCUT2D eigenvalue weighted by molar-refractivity contribution is 7.12. The van der Waals surface area contributed by atoms with Gasteiger partial charge >= 0.3 is 0 Å². The van der Waals surface area contributed by atoms with Crippen LogP contribution in [0.2, 0.25) is 0 Å². The lowest BCUT2D eigenvalue weighted by Crippen LogP contribution is -2.37. The molecule has 1 atom stereocenters. The van der Waals surface area contributed by atoms with Gasteiger partial charge in [0.15, 0.2) is 0 Å². The fourth-order valence-corrected chi connectivity index (χ4v) is 3.58. The molecule has 1 aliphatic heterocycles. The van der Waals surface area contributed by atoms with Crippen molar-refractivity contribution in [2.75, 3.05) is 26.7 Å². The monoisotopic (exact) mass is 279 g/mol. The summed E-state index contributed by atoms with van der Waals surface area (Å²) in [6.07, 6.45) is 2.71. The van der Waals surface area contributed by atoms with Crippen molar-refractivity contribution < 1.29 is 4.79 Å². The molecule has 2 fully saturated rings. The number of rotatable bonds is 5. The first-order valence-corrected chi connectivity index (χ1v) is 7.76. The van der Waals surface area contributed by atoms with Crippen molar-refractivity contribution in [3.8, 4) is 0 Å². The van der Waals surface area contributed by atoms with Crippen molar-refractivity contribution in [3.05, 3.63) is 21.9 Å². The van der Waals surface area contributed by atoms with E-state index in [1.807, 2.05) is 4.90 Å². The average molecular weight is 279 g/mol. The fraction of sp³-hybridized carbons (Fsp3) is 0.643. The second-order valence-corrected chi connectivity index (χ2v) is 6.85. The van der Waals surface area contributed by atoms with Crippen molar-refractivity contribution >= 4 is 17.2 Å². The number of hydrogen-bond acceptors (Lipinski definition) is 4. The van der Waals surface area contributed by atoms with Crippen LogP contribution >= 0.6 is 11.3 Å². The van der Waals surface area contributed by atoms with Crippen LogP contribution in [-0.2, 0) is 4.79 Å². The lowest BCUT2D eigenvalue weighted by atomic mass is 10.3. The largest absolute Gasteiger partial charge is 0.320 e. The van der Waals surface area contributed by atoms with E-state index in [0.717, 1.165) is 19.1 Å². The molecule has 5 heteroatoms. The Kier molecular flexibility index (Phi) is 3.60. The second kappa shape index (κ2) is 5.23. The second-order valence-electron chi connectivity index (χ2n) is 5.53. The molecule has 1 aromatic heterocycles. The Morgan fingerprint density at radius 2 is 2.26 bits per heavy atom. The van der Waals surface area contributed by atoms with Gasteiger partial charge in [-0.15, -0.1) is 11.3 Å². The van der Waals surface area contributed by atoms with Gasteiger partial charge in [0.1, 0.15) is 6.17 Å². The lowest BCUT2D eigenvalue weighted by molar-refractivity contribution is -0.128. The molecule has 0 radical (unpaired) electrons. The molecular weight excluding hydrogens is 258 g/mol. The van der Waals surface area contributed by atoms with Crippen LogP contribution in [0.25, 0.3) is 0 Å². The quantitative estimate of drug-likeness (QED) is 0.889. The summed E-state index contributed by atoms with van der Waals surface area (Å²) in [5.74, 6) is 0.222. The van der Waals surface area contributed by atoms with Crippen LogP contribution in [0.5, 0.6) is 0 Å². The van der Waals surface area contributed by atoms with Gasteiger partial charge in [-0.05, 0) is 38.9 Å². The van der Waals surface area contributed by atoms with Gasteiger partial charge in [0.2, 0.25) is 5.91 Å². The summed E-state index contributed by atoms with van der Waals surface area (Å²) in [6.45, 7) is 4.37. The van der Waals surface area contributed by atoms with Gasteiger partial charge in [-0.2, -0.15) is 0 Å². The van der Waals surface area contributed by atoms with Gasteiger partial charge in [0.25, 0.3) is 0 Å². The van der Waals surface area contributed by atoms with Crippen LogP contribution in [0.1, 0.15) is 28.8 Å². The van der Waals surface area contributed by atoms with Gasteiger partial charge in [-0.25, -0.2) is 0 Å². The summed E-state index contributed by atoms with van der Waals surface area (Å²) in [7, 11) is 2.16. The number of carbonyl (C=O) groups is 1. The number of thiophene rings is 1. The van der Waals surface area contributed by atoms with E-state index >= 15 is 0 Å². The van der Waals surface area contributed by atoms with E-state index in [4.69, 9.17) is 0 Å². The average Bonchev–Trinajstić information content (AvgIpc) is 3.06. The molecule has 3 rings (SSSR count). The van der Waals surface area contributed by atoms with Crippen molar-refractivity contribution in [2.45, 2.75) is 32.0 Å². The number of carbonyl (C=O) groups excluding carboxylic acids is 1. The minimum Gasteiger partial charge on any atom is -0.320 e. The number of aryl methyl sites for hydroxylation is 1. The summed E-state index contributed by atoms with van der Waals surface area (Å²) in [6, 6.07) is 5.01. The van der Waals surface area contributed by atoms with Crippen LogP contribution in [0, 0.1) is 6.92 Å². The number of nitrogens with zero attached hydrogens (tertiary/aromatic N) is 2. The predicted octanol–water partition coefficient (Wildman–Crippen LogP) is 1.58. The molecule has 1 unspecified atom stereocenters. The summed E-state index contributed by atoms with van der Waals surface area (Å²) in [5.41, 5.74) is 0. The molecule has 0 aromatic carbocycles. The van der Waals surface area contributed by atoms with Crippen LogP contribution < -0.4 is 5.32 Å². The highest BCUT2D eigenvalue weighted by atomic mass is 32.1. The minimum atomic E-state index is 0.0822. The maximum absolute atomic E-state index is 12.0. The Morgan fingerprint density at radius 1 is 1.47 bits per heavy atom. The SMILES string of the molecule is Cc1ccc(C2NCC(=O)N2CCN(C)C2CC2)s1. The smallest absolute Gasteiger partial charge is 0.238 e. The van der Waals surface area contributed by atoms with E-state index in [0.29, 0.717) is 6.54 Å². The zero-order valence-corrected chi connectivity index (χ0v) is 12.4. The molecule has 2 heterocycles. The first-order valence-electron chi connectivity index (χ1n) is 6.94. The Bertz CT molecular complexity index is 469.